The fourth-order valence-electron chi connectivity index (χ4n) is 2.07. The number of nitrogens with zero attached hydrogens (tertiary/aromatic N) is 2. The number of hydrogen-bond donors (Lipinski definition) is 1. The molecule has 1 heterocycles. The summed E-state index contributed by atoms with van der Waals surface area (Å²) in [6.07, 6.45) is 0. The monoisotopic (exact) mass is 341 g/mol. The Morgan fingerprint density at radius 1 is 1.42 bits per heavy atom. The van der Waals surface area contributed by atoms with Crippen molar-refractivity contribution in [3.63, 3.8) is 0 Å². The lowest BCUT2D eigenvalue weighted by atomic mass is 10.1. The number of benzene rings is 1. The van der Waals surface area contributed by atoms with Gasteiger partial charge in [-0.05, 0) is 25.5 Å². The number of aryl methyl sites for hydroxylation is 2. The first-order valence-electron chi connectivity index (χ1n) is 6.16. The Balaban J connectivity index is 2.09. The van der Waals surface area contributed by atoms with E-state index in [4.69, 9.17) is 11.6 Å². The Morgan fingerprint density at radius 3 is 2.68 bits per heavy atom. The van der Waals surface area contributed by atoms with Crippen molar-refractivity contribution in [2.75, 3.05) is 0 Å². The summed E-state index contributed by atoms with van der Waals surface area (Å²) in [6.45, 7) is 4.83. The van der Waals surface area contributed by atoms with Crippen molar-refractivity contribution >= 4 is 27.5 Å². The van der Waals surface area contributed by atoms with Gasteiger partial charge in [-0.15, -0.1) is 0 Å². The van der Waals surface area contributed by atoms with Crippen molar-refractivity contribution in [1.29, 1.82) is 0 Å². The second kappa shape index (κ2) is 6.07. The Kier molecular flexibility index (Phi) is 4.66. The van der Waals surface area contributed by atoms with Gasteiger partial charge in [-0.2, -0.15) is 5.10 Å². The van der Waals surface area contributed by atoms with Crippen molar-refractivity contribution in [3.8, 4) is 0 Å². The van der Waals surface area contributed by atoms with Crippen LogP contribution >= 0.6 is 27.5 Å². The number of hydrogen-bond acceptors (Lipinski definition) is 2. The zero-order valence-electron chi connectivity index (χ0n) is 11.2. The fourth-order valence-corrected chi connectivity index (χ4v) is 2.94. The van der Waals surface area contributed by atoms with Crippen LogP contribution in [0.3, 0.4) is 0 Å². The van der Waals surface area contributed by atoms with Crippen LogP contribution in [0.25, 0.3) is 0 Å². The van der Waals surface area contributed by atoms with Crippen LogP contribution in [0.2, 0.25) is 5.15 Å². The van der Waals surface area contributed by atoms with E-state index in [-0.39, 0.29) is 6.04 Å². The number of aromatic nitrogens is 2. The predicted octanol–water partition coefficient (Wildman–Crippen LogP) is 4.00. The van der Waals surface area contributed by atoms with E-state index in [2.05, 4.69) is 45.4 Å². The van der Waals surface area contributed by atoms with Crippen LogP contribution in [0.4, 0.5) is 0 Å². The second-order valence-corrected chi connectivity index (χ2v) is 5.81. The molecule has 0 saturated carbocycles. The van der Waals surface area contributed by atoms with E-state index < -0.39 is 0 Å². The molecular formula is C14H17BrClN3. The summed E-state index contributed by atoms with van der Waals surface area (Å²) in [4.78, 5) is 0. The van der Waals surface area contributed by atoms with Gasteiger partial charge in [0.1, 0.15) is 5.15 Å². The Hall–Kier alpha value is -0.840. The molecule has 0 aliphatic heterocycles. The minimum Gasteiger partial charge on any atom is -0.306 e. The second-order valence-electron chi connectivity index (χ2n) is 4.60. The van der Waals surface area contributed by atoms with E-state index in [0.717, 1.165) is 15.7 Å². The Morgan fingerprint density at radius 2 is 2.11 bits per heavy atom. The molecule has 0 unspecified atom stereocenters. The Bertz CT molecular complexity index is 580. The summed E-state index contributed by atoms with van der Waals surface area (Å²) < 4.78 is 2.82. The third-order valence-electron chi connectivity index (χ3n) is 3.23. The quantitative estimate of drug-likeness (QED) is 0.910. The molecule has 0 saturated heterocycles. The number of halogens is 2. The fraction of sp³-hybridized carbons (Fsp3) is 0.357. The normalized spacial score (nSPS) is 12.7. The van der Waals surface area contributed by atoms with Crippen molar-refractivity contribution in [2.45, 2.75) is 26.4 Å². The van der Waals surface area contributed by atoms with E-state index in [1.54, 1.807) is 4.68 Å². The highest BCUT2D eigenvalue weighted by Gasteiger charge is 2.13. The molecule has 102 valence electrons. The zero-order valence-corrected chi connectivity index (χ0v) is 13.6. The molecule has 0 amide bonds. The SMILES string of the molecule is Cc1nn(C)c(Cl)c1CN[C@H](C)c1ccccc1Br. The first-order valence-corrected chi connectivity index (χ1v) is 7.33. The van der Waals surface area contributed by atoms with Gasteiger partial charge in [0, 0.05) is 29.7 Å². The summed E-state index contributed by atoms with van der Waals surface area (Å²) in [5.41, 5.74) is 3.27. The number of rotatable bonds is 4. The van der Waals surface area contributed by atoms with E-state index in [1.165, 1.54) is 5.56 Å². The van der Waals surface area contributed by atoms with Gasteiger partial charge in [0.15, 0.2) is 0 Å². The van der Waals surface area contributed by atoms with Gasteiger partial charge < -0.3 is 5.32 Å². The molecule has 2 aromatic rings. The molecule has 2 rings (SSSR count). The molecule has 0 bridgehead atoms. The molecule has 0 radical (unpaired) electrons. The van der Waals surface area contributed by atoms with Crippen LogP contribution in [0.1, 0.15) is 29.8 Å². The molecule has 1 aromatic heterocycles. The molecule has 5 heteroatoms. The van der Waals surface area contributed by atoms with Crippen LogP contribution in [-0.2, 0) is 13.6 Å². The maximum absolute atomic E-state index is 6.23. The summed E-state index contributed by atoms with van der Waals surface area (Å²) >= 11 is 9.80. The largest absolute Gasteiger partial charge is 0.306 e. The lowest BCUT2D eigenvalue weighted by Gasteiger charge is -2.15. The van der Waals surface area contributed by atoms with E-state index >= 15 is 0 Å². The van der Waals surface area contributed by atoms with E-state index in [0.29, 0.717) is 11.7 Å². The first kappa shape index (κ1) is 14.6. The zero-order chi connectivity index (χ0) is 14.0. The minimum absolute atomic E-state index is 0.242. The van der Waals surface area contributed by atoms with Crippen molar-refractivity contribution in [1.82, 2.24) is 15.1 Å². The predicted molar refractivity (Wildman–Crippen MR) is 82.4 cm³/mol. The summed E-state index contributed by atoms with van der Waals surface area (Å²) in [5, 5.41) is 8.50. The van der Waals surface area contributed by atoms with Crippen LogP contribution in [0.15, 0.2) is 28.7 Å². The standard InChI is InChI=1S/C14H17BrClN3/c1-9(11-6-4-5-7-13(11)15)17-8-12-10(2)18-19(3)14(12)16/h4-7,9,17H,8H2,1-3H3/t9-/m1/s1. The third kappa shape index (κ3) is 3.19. The molecule has 1 aromatic carbocycles. The molecule has 1 N–H and O–H groups in total. The highest BCUT2D eigenvalue weighted by molar-refractivity contribution is 9.10. The van der Waals surface area contributed by atoms with Gasteiger partial charge in [-0.25, -0.2) is 0 Å². The number of nitrogens with one attached hydrogen (secondary N) is 1. The molecule has 19 heavy (non-hydrogen) atoms. The topological polar surface area (TPSA) is 29.9 Å². The lowest BCUT2D eigenvalue weighted by molar-refractivity contribution is 0.571. The maximum Gasteiger partial charge on any atom is 0.131 e. The third-order valence-corrected chi connectivity index (χ3v) is 4.42. The average molecular weight is 343 g/mol. The first-order chi connectivity index (χ1) is 9.00. The van der Waals surface area contributed by atoms with Gasteiger partial charge in [0.25, 0.3) is 0 Å². The minimum atomic E-state index is 0.242. The highest BCUT2D eigenvalue weighted by Crippen LogP contribution is 2.24. The van der Waals surface area contributed by atoms with Gasteiger partial charge in [0.2, 0.25) is 0 Å². The van der Waals surface area contributed by atoms with Crippen LogP contribution in [0.5, 0.6) is 0 Å². The Labute approximate surface area is 127 Å². The molecule has 0 fully saturated rings. The van der Waals surface area contributed by atoms with Crippen LogP contribution in [0, 0.1) is 6.92 Å². The van der Waals surface area contributed by atoms with Gasteiger partial charge >= 0.3 is 0 Å². The van der Waals surface area contributed by atoms with Gasteiger partial charge in [-0.3, -0.25) is 4.68 Å². The van der Waals surface area contributed by atoms with Crippen LogP contribution in [-0.4, -0.2) is 9.78 Å². The lowest BCUT2D eigenvalue weighted by Crippen LogP contribution is -2.18. The van der Waals surface area contributed by atoms with E-state index in [9.17, 15) is 0 Å². The molecule has 0 spiro atoms. The molecular weight excluding hydrogens is 326 g/mol. The van der Waals surface area contributed by atoms with E-state index in [1.807, 2.05) is 26.1 Å². The van der Waals surface area contributed by atoms with Crippen molar-refractivity contribution < 1.29 is 0 Å². The van der Waals surface area contributed by atoms with Gasteiger partial charge in [0.05, 0.1) is 5.69 Å². The molecule has 0 aliphatic rings. The molecule has 3 nitrogen and oxygen atoms in total. The average Bonchev–Trinajstić information content (AvgIpc) is 2.61. The summed E-state index contributed by atoms with van der Waals surface area (Å²) in [7, 11) is 1.86. The smallest absolute Gasteiger partial charge is 0.131 e. The maximum atomic E-state index is 6.23. The van der Waals surface area contributed by atoms with Crippen LogP contribution < -0.4 is 5.32 Å². The van der Waals surface area contributed by atoms with Gasteiger partial charge in [-0.1, -0.05) is 45.7 Å². The summed E-state index contributed by atoms with van der Waals surface area (Å²) in [6, 6.07) is 8.46. The summed E-state index contributed by atoms with van der Waals surface area (Å²) in [5.74, 6) is 0. The van der Waals surface area contributed by atoms with Crippen molar-refractivity contribution in [3.05, 3.63) is 50.7 Å². The highest BCUT2D eigenvalue weighted by atomic mass is 79.9. The molecule has 0 aliphatic carbocycles. The van der Waals surface area contributed by atoms with Crippen molar-refractivity contribution in [2.24, 2.45) is 7.05 Å². The molecule has 1 atom stereocenters.